The molecule has 1 fully saturated rings. The summed E-state index contributed by atoms with van der Waals surface area (Å²) < 4.78 is 71.5. The Hall–Kier alpha value is -2.05. The molecule has 1 aliphatic rings. The third-order valence-electron chi connectivity index (χ3n) is 5.06. The van der Waals surface area contributed by atoms with Gasteiger partial charge in [0, 0.05) is 46.8 Å². The summed E-state index contributed by atoms with van der Waals surface area (Å²) in [6.07, 6.45) is 0. The van der Waals surface area contributed by atoms with Crippen LogP contribution in [-0.4, -0.2) is 83.8 Å². The Balaban J connectivity index is 1.48. The maximum atomic E-state index is 13.9. The summed E-state index contributed by atoms with van der Waals surface area (Å²) in [6.45, 7) is 2.53. The van der Waals surface area contributed by atoms with Crippen LogP contribution in [0, 0.1) is 5.82 Å². The highest BCUT2D eigenvalue weighted by Crippen LogP contribution is 2.21. The first-order valence-corrected chi connectivity index (χ1v) is 12.6. The number of nitrogens with zero attached hydrogens (tertiary/aromatic N) is 3. The molecule has 1 heterocycles. The molecule has 8 nitrogen and oxygen atoms in total. The van der Waals surface area contributed by atoms with Gasteiger partial charge in [-0.1, -0.05) is 12.1 Å². The zero-order chi connectivity index (χ0) is 22.6. The Labute approximate surface area is 182 Å². The predicted octanol–water partition coefficient (Wildman–Crippen LogP) is 1.46. The van der Waals surface area contributed by atoms with E-state index in [0.29, 0.717) is 32.0 Å². The van der Waals surface area contributed by atoms with Crippen LogP contribution in [0.5, 0.6) is 5.75 Å². The molecule has 2 aromatic rings. The van der Waals surface area contributed by atoms with Gasteiger partial charge in [-0.15, -0.1) is 0 Å². The van der Waals surface area contributed by atoms with E-state index in [1.165, 1.54) is 48.7 Å². The lowest BCUT2D eigenvalue weighted by molar-refractivity contribution is 0.158. The van der Waals surface area contributed by atoms with Crippen LogP contribution in [0.15, 0.2) is 58.3 Å². The van der Waals surface area contributed by atoms with Crippen LogP contribution in [0.25, 0.3) is 0 Å². The van der Waals surface area contributed by atoms with Crippen molar-refractivity contribution in [1.29, 1.82) is 0 Å². The van der Waals surface area contributed by atoms with Crippen molar-refractivity contribution in [3.05, 3.63) is 54.3 Å². The van der Waals surface area contributed by atoms with Crippen molar-refractivity contribution in [3.8, 4) is 5.75 Å². The lowest BCUT2D eigenvalue weighted by atomic mass is 10.3. The van der Waals surface area contributed by atoms with Gasteiger partial charge < -0.3 is 4.74 Å². The molecule has 31 heavy (non-hydrogen) atoms. The van der Waals surface area contributed by atoms with E-state index in [1.807, 2.05) is 0 Å². The van der Waals surface area contributed by atoms with Gasteiger partial charge in [-0.25, -0.2) is 25.5 Å². The summed E-state index contributed by atoms with van der Waals surface area (Å²) >= 11 is 0. The largest absolute Gasteiger partial charge is 0.492 e. The van der Waals surface area contributed by atoms with Crippen molar-refractivity contribution in [2.45, 2.75) is 9.79 Å². The van der Waals surface area contributed by atoms with Crippen LogP contribution in [0.4, 0.5) is 4.39 Å². The van der Waals surface area contributed by atoms with E-state index in [2.05, 4.69) is 4.90 Å². The van der Waals surface area contributed by atoms with E-state index >= 15 is 0 Å². The number of hydrogen-bond acceptors (Lipinski definition) is 6. The average molecular weight is 472 g/mol. The van der Waals surface area contributed by atoms with Gasteiger partial charge in [0.25, 0.3) is 0 Å². The van der Waals surface area contributed by atoms with Gasteiger partial charge in [0.15, 0.2) is 0 Å². The monoisotopic (exact) mass is 471 g/mol. The van der Waals surface area contributed by atoms with Crippen molar-refractivity contribution in [2.75, 3.05) is 53.4 Å². The van der Waals surface area contributed by atoms with Crippen molar-refractivity contribution in [3.63, 3.8) is 0 Å². The summed E-state index contributed by atoms with van der Waals surface area (Å²) in [5.41, 5.74) is 0. The highest BCUT2D eigenvalue weighted by Gasteiger charge is 2.30. The number of halogens is 1. The maximum Gasteiger partial charge on any atom is 0.246 e. The first-order chi connectivity index (χ1) is 14.6. The summed E-state index contributed by atoms with van der Waals surface area (Å²) in [4.78, 5) is 1.96. The highest BCUT2D eigenvalue weighted by atomic mass is 32.2. The fraction of sp³-hybridized carbons (Fsp3) is 0.400. The first-order valence-electron chi connectivity index (χ1n) is 9.75. The van der Waals surface area contributed by atoms with Crippen LogP contribution in [0.3, 0.4) is 0 Å². The number of piperazine rings is 1. The van der Waals surface area contributed by atoms with Crippen molar-refractivity contribution in [2.24, 2.45) is 0 Å². The molecule has 0 radical (unpaired) electrons. The van der Waals surface area contributed by atoms with Crippen molar-refractivity contribution in [1.82, 2.24) is 13.5 Å². The van der Waals surface area contributed by atoms with Gasteiger partial charge in [-0.05, 0) is 36.4 Å². The Bertz CT molecular complexity index is 1100. The molecule has 1 aliphatic heterocycles. The molecule has 3 rings (SSSR count). The number of ether oxygens (including phenoxy) is 1. The lowest BCUT2D eigenvalue weighted by Crippen LogP contribution is -2.49. The number of benzene rings is 2. The fourth-order valence-corrected chi connectivity index (χ4v) is 5.59. The van der Waals surface area contributed by atoms with Crippen LogP contribution in [-0.2, 0) is 20.0 Å². The Kier molecular flexibility index (Phi) is 7.32. The molecular formula is C20H26FN3O5S2. The van der Waals surface area contributed by atoms with Gasteiger partial charge >= 0.3 is 0 Å². The smallest absolute Gasteiger partial charge is 0.246 e. The summed E-state index contributed by atoms with van der Waals surface area (Å²) in [5, 5.41) is 0. The molecule has 1 saturated heterocycles. The molecule has 0 N–H and O–H groups in total. The zero-order valence-electron chi connectivity index (χ0n) is 17.4. The molecule has 0 unspecified atom stereocenters. The van der Waals surface area contributed by atoms with E-state index < -0.39 is 25.9 Å². The van der Waals surface area contributed by atoms with Crippen LogP contribution < -0.4 is 4.74 Å². The standard InChI is InChI=1S/C20H26FN3O5S2/c1-22(2)30(25,26)18-9-7-17(8-10-18)29-16-15-23-11-13-24(14-12-23)31(27,28)20-6-4-3-5-19(20)21/h3-10H,11-16H2,1-2H3. The van der Waals surface area contributed by atoms with Crippen LogP contribution in [0.2, 0.25) is 0 Å². The third-order valence-corrected chi connectivity index (χ3v) is 8.83. The van der Waals surface area contributed by atoms with Gasteiger partial charge in [0.2, 0.25) is 20.0 Å². The molecule has 2 aromatic carbocycles. The van der Waals surface area contributed by atoms with Gasteiger partial charge in [-0.3, -0.25) is 4.90 Å². The molecule has 11 heteroatoms. The van der Waals surface area contributed by atoms with E-state index in [4.69, 9.17) is 4.74 Å². The summed E-state index contributed by atoms with van der Waals surface area (Å²) in [5.74, 6) is -0.193. The number of hydrogen-bond donors (Lipinski definition) is 0. The molecule has 0 aliphatic carbocycles. The Morgan fingerprint density at radius 1 is 0.935 bits per heavy atom. The SMILES string of the molecule is CN(C)S(=O)(=O)c1ccc(OCCN2CCN(S(=O)(=O)c3ccccc3F)CC2)cc1. The summed E-state index contributed by atoms with van der Waals surface area (Å²) in [7, 11) is -4.39. The van der Waals surface area contributed by atoms with Crippen molar-refractivity contribution >= 4 is 20.0 Å². The second kappa shape index (κ2) is 9.61. The highest BCUT2D eigenvalue weighted by molar-refractivity contribution is 7.89. The molecule has 170 valence electrons. The van der Waals surface area contributed by atoms with Gasteiger partial charge in [0.1, 0.15) is 23.1 Å². The van der Waals surface area contributed by atoms with Crippen molar-refractivity contribution < 1.29 is 26.0 Å². The van der Waals surface area contributed by atoms with Crippen LogP contribution >= 0.6 is 0 Å². The second-order valence-electron chi connectivity index (χ2n) is 7.28. The molecule has 0 bridgehead atoms. The van der Waals surface area contributed by atoms with E-state index in [1.54, 1.807) is 12.1 Å². The zero-order valence-corrected chi connectivity index (χ0v) is 19.1. The van der Waals surface area contributed by atoms with Crippen LogP contribution in [0.1, 0.15) is 0 Å². The maximum absolute atomic E-state index is 13.9. The topological polar surface area (TPSA) is 87.2 Å². The quantitative estimate of drug-likeness (QED) is 0.579. The first kappa shape index (κ1) is 23.6. The fourth-order valence-electron chi connectivity index (χ4n) is 3.20. The Morgan fingerprint density at radius 2 is 1.55 bits per heavy atom. The molecular weight excluding hydrogens is 445 g/mol. The predicted molar refractivity (Wildman–Crippen MR) is 114 cm³/mol. The average Bonchev–Trinajstić information content (AvgIpc) is 2.74. The lowest BCUT2D eigenvalue weighted by Gasteiger charge is -2.33. The molecule has 0 aromatic heterocycles. The summed E-state index contributed by atoms with van der Waals surface area (Å²) in [6, 6.07) is 11.6. The minimum atomic E-state index is -3.85. The van der Waals surface area contributed by atoms with Gasteiger partial charge in [-0.2, -0.15) is 4.31 Å². The third kappa shape index (κ3) is 5.42. The molecule has 0 spiro atoms. The second-order valence-corrected chi connectivity index (χ2v) is 11.3. The molecule has 0 atom stereocenters. The minimum Gasteiger partial charge on any atom is -0.492 e. The van der Waals surface area contributed by atoms with E-state index in [9.17, 15) is 21.2 Å². The number of rotatable bonds is 8. The van der Waals surface area contributed by atoms with E-state index in [0.717, 1.165) is 10.4 Å². The van der Waals surface area contributed by atoms with Gasteiger partial charge in [0.05, 0.1) is 4.90 Å². The normalized spacial score (nSPS) is 16.5. The number of sulfonamides is 2. The van der Waals surface area contributed by atoms with E-state index in [-0.39, 0.29) is 22.9 Å². The Morgan fingerprint density at radius 3 is 2.13 bits per heavy atom. The minimum absolute atomic E-state index is 0.192. The molecule has 0 amide bonds. The molecule has 0 saturated carbocycles.